The summed E-state index contributed by atoms with van der Waals surface area (Å²) in [6, 6.07) is 5.13. The first-order chi connectivity index (χ1) is 9.60. The lowest BCUT2D eigenvalue weighted by atomic mass is 9.93. The number of benzene rings is 1. The number of methoxy groups -OCH3 is 1. The zero-order valence-electron chi connectivity index (χ0n) is 12.0. The average molecular weight is 278 g/mol. The van der Waals surface area contributed by atoms with Gasteiger partial charge < -0.3 is 20.5 Å². The molecule has 0 saturated heterocycles. The number of carbonyl (C=O) groups is 1. The number of aliphatic hydroxyl groups is 1. The van der Waals surface area contributed by atoms with Gasteiger partial charge in [0, 0.05) is 0 Å². The molecule has 2 atom stereocenters. The van der Waals surface area contributed by atoms with Crippen LogP contribution in [0.15, 0.2) is 18.2 Å². The zero-order chi connectivity index (χ0) is 14.5. The molecule has 5 nitrogen and oxygen atoms in total. The minimum absolute atomic E-state index is 0.167. The largest absolute Gasteiger partial charge is 0.495 e. The van der Waals surface area contributed by atoms with Crippen molar-refractivity contribution in [2.75, 3.05) is 12.4 Å². The van der Waals surface area contributed by atoms with E-state index < -0.39 is 6.10 Å². The molecule has 110 valence electrons. The van der Waals surface area contributed by atoms with Crippen molar-refractivity contribution in [3.63, 3.8) is 0 Å². The molecular weight excluding hydrogens is 256 g/mol. The quantitative estimate of drug-likeness (QED) is 0.795. The van der Waals surface area contributed by atoms with E-state index in [2.05, 4.69) is 10.6 Å². The molecule has 1 aliphatic rings. The van der Waals surface area contributed by atoms with Gasteiger partial charge in [-0.05, 0) is 37.5 Å². The summed E-state index contributed by atoms with van der Waals surface area (Å²) in [5.41, 5.74) is 1.68. The number of hydrogen-bond acceptors (Lipinski definition) is 3. The summed E-state index contributed by atoms with van der Waals surface area (Å²) < 4.78 is 5.22. The number of anilines is 1. The fourth-order valence-corrected chi connectivity index (χ4v) is 2.53. The Morgan fingerprint density at radius 2 is 2.10 bits per heavy atom. The lowest BCUT2D eigenvalue weighted by Gasteiger charge is -2.28. The Kier molecular flexibility index (Phi) is 4.84. The van der Waals surface area contributed by atoms with Crippen LogP contribution in [0.25, 0.3) is 0 Å². The number of aliphatic hydroxyl groups excluding tert-OH is 1. The summed E-state index contributed by atoms with van der Waals surface area (Å²) in [7, 11) is 1.57. The van der Waals surface area contributed by atoms with Crippen LogP contribution in [-0.2, 0) is 0 Å². The van der Waals surface area contributed by atoms with E-state index in [1.54, 1.807) is 7.11 Å². The molecule has 5 heteroatoms. The predicted molar refractivity (Wildman–Crippen MR) is 78.1 cm³/mol. The molecule has 2 unspecified atom stereocenters. The third-order valence-corrected chi connectivity index (χ3v) is 3.65. The van der Waals surface area contributed by atoms with Crippen LogP contribution in [0, 0.1) is 6.92 Å². The van der Waals surface area contributed by atoms with Crippen molar-refractivity contribution in [2.24, 2.45) is 0 Å². The fraction of sp³-hybridized carbons (Fsp3) is 0.533. The van der Waals surface area contributed by atoms with Crippen molar-refractivity contribution in [1.29, 1.82) is 0 Å². The molecule has 0 heterocycles. The molecule has 1 aliphatic carbocycles. The van der Waals surface area contributed by atoms with Crippen LogP contribution in [0.5, 0.6) is 5.75 Å². The van der Waals surface area contributed by atoms with Gasteiger partial charge in [-0.3, -0.25) is 0 Å². The minimum Gasteiger partial charge on any atom is -0.495 e. The van der Waals surface area contributed by atoms with E-state index in [-0.39, 0.29) is 12.1 Å². The number of aryl methyl sites for hydroxylation is 1. The van der Waals surface area contributed by atoms with Gasteiger partial charge in [-0.15, -0.1) is 0 Å². The summed E-state index contributed by atoms with van der Waals surface area (Å²) in [6.07, 6.45) is 3.18. The Bertz CT molecular complexity index is 476. The maximum absolute atomic E-state index is 12.0. The number of amides is 2. The topological polar surface area (TPSA) is 70.6 Å². The van der Waals surface area contributed by atoms with Crippen LogP contribution in [0.4, 0.5) is 10.5 Å². The first-order valence-electron chi connectivity index (χ1n) is 7.00. The summed E-state index contributed by atoms with van der Waals surface area (Å²) in [6.45, 7) is 1.95. The van der Waals surface area contributed by atoms with E-state index in [9.17, 15) is 9.90 Å². The molecular formula is C15H22N2O3. The van der Waals surface area contributed by atoms with Gasteiger partial charge in [-0.1, -0.05) is 18.9 Å². The highest BCUT2D eigenvalue weighted by atomic mass is 16.5. The Hall–Kier alpha value is -1.75. The summed E-state index contributed by atoms with van der Waals surface area (Å²) in [5.74, 6) is 0.620. The summed E-state index contributed by atoms with van der Waals surface area (Å²) in [5, 5.41) is 15.5. The molecule has 0 aliphatic heterocycles. The van der Waals surface area contributed by atoms with Crippen molar-refractivity contribution in [2.45, 2.75) is 44.8 Å². The summed E-state index contributed by atoms with van der Waals surface area (Å²) >= 11 is 0. The third kappa shape index (κ3) is 3.63. The molecule has 1 aromatic rings. The molecule has 0 aromatic heterocycles. The van der Waals surface area contributed by atoms with E-state index in [4.69, 9.17) is 4.74 Å². The van der Waals surface area contributed by atoms with Gasteiger partial charge >= 0.3 is 6.03 Å². The fourth-order valence-electron chi connectivity index (χ4n) is 2.53. The molecule has 0 bridgehead atoms. The monoisotopic (exact) mass is 278 g/mol. The number of carbonyl (C=O) groups excluding carboxylic acids is 1. The highest BCUT2D eigenvalue weighted by molar-refractivity contribution is 5.91. The van der Waals surface area contributed by atoms with Crippen molar-refractivity contribution in [1.82, 2.24) is 5.32 Å². The van der Waals surface area contributed by atoms with Crippen molar-refractivity contribution < 1.29 is 14.6 Å². The van der Waals surface area contributed by atoms with Crippen LogP contribution in [-0.4, -0.2) is 30.4 Å². The number of nitrogens with one attached hydrogen (secondary N) is 2. The van der Waals surface area contributed by atoms with E-state index in [0.29, 0.717) is 11.4 Å². The third-order valence-electron chi connectivity index (χ3n) is 3.65. The molecule has 0 radical (unpaired) electrons. The SMILES string of the molecule is COc1ccc(C)cc1NC(=O)NC1CCCCC1O. The molecule has 2 amide bonds. The van der Waals surface area contributed by atoms with Gasteiger partial charge in [0.1, 0.15) is 5.75 Å². The average Bonchev–Trinajstić information content (AvgIpc) is 2.41. The molecule has 1 fully saturated rings. The molecule has 3 N–H and O–H groups in total. The van der Waals surface area contributed by atoms with Crippen molar-refractivity contribution in [3.8, 4) is 5.75 Å². The highest BCUT2D eigenvalue weighted by Gasteiger charge is 2.24. The van der Waals surface area contributed by atoms with Crippen LogP contribution < -0.4 is 15.4 Å². The molecule has 0 spiro atoms. The van der Waals surface area contributed by atoms with Gasteiger partial charge in [-0.2, -0.15) is 0 Å². The van der Waals surface area contributed by atoms with E-state index >= 15 is 0 Å². The second-order valence-corrected chi connectivity index (χ2v) is 5.26. The molecule has 1 aromatic carbocycles. The molecule has 20 heavy (non-hydrogen) atoms. The Morgan fingerprint density at radius 1 is 1.35 bits per heavy atom. The van der Waals surface area contributed by atoms with Gasteiger partial charge in [0.25, 0.3) is 0 Å². The number of ether oxygens (including phenoxy) is 1. The van der Waals surface area contributed by atoms with Crippen LogP contribution in [0.3, 0.4) is 0 Å². The first-order valence-corrected chi connectivity index (χ1v) is 7.00. The van der Waals surface area contributed by atoms with Gasteiger partial charge in [0.15, 0.2) is 0 Å². The maximum Gasteiger partial charge on any atom is 0.319 e. The maximum atomic E-state index is 12.0. The lowest BCUT2D eigenvalue weighted by molar-refractivity contribution is 0.0955. The number of urea groups is 1. The van der Waals surface area contributed by atoms with Gasteiger partial charge in [0.05, 0.1) is 24.9 Å². The first kappa shape index (κ1) is 14.7. The normalized spacial score (nSPS) is 22.1. The standard InChI is InChI=1S/C15H22N2O3/c1-10-7-8-14(20-2)12(9-10)17-15(19)16-11-5-3-4-6-13(11)18/h7-9,11,13,18H,3-6H2,1-2H3,(H2,16,17,19). The van der Waals surface area contributed by atoms with E-state index in [1.165, 1.54) is 0 Å². The van der Waals surface area contributed by atoms with Crippen molar-refractivity contribution >= 4 is 11.7 Å². The van der Waals surface area contributed by atoms with Gasteiger partial charge in [-0.25, -0.2) is 4.79 Å². The smallest absolute Gasteiger partial charge is 0.319 e. The van der Waals surface area contributed by atoms with Crippen LogP contribution >= 0.6 is 0 Å². The second-order valence-electron chi connectivity index (χ2n) is 5.26. The Balaban J connectivity index is 1.99. The highest BCUT2D eigenvalue weighted by Crippen LogP contribution is 2.25. The molecule has 2 rings (SSSR count). The summed E-state index contributed by atoms with van der Waals surface area (Å²) in [4.78, 5) is 12.0. The van der Waals surface area contributed by atoms with E-state index in [1.807, 2.05) is 25.1 Å². The Morgan fingerprint density at radius 3 is 2.80 bits per heavy atom. The van der Waals surface area contributed by atoms with Crippen molar-refractivity contribution in [3.05, 3.63) is 23.8 Å². The minimum atomic E-state index is -0.450. The predicted octanol–water partition coefficient (Wildman–Crippen LogP) is 2.43. The zero-order valence-corrected chi connectivity index (χ0v) is 12.0. The second kappa shape index (κ2) is 6.61. The number of rotatable bonds is 3. The Labute approximate surface area is 119 Å². The van der Waals surface area contributed by atoms with Crippen LogP contribution in [0.2, 0.25) is 0 Å². The number of hydrogen-bond donors (Lipinski definition) is 3. The van der Waals surface area contributed by atoms with Crippen LogP contribution in [0.1, 0.15) is 31.2 Å². The lowest BCUT2D eigenvalue weighted by Crippen LogP contribution is -2.46. The van der Waals surface area contributed by atoms with E-state index in [0.717, 1.165) is 31.2 Å². The molecule has 1 saturated carbocycles. The van der Waals surface area contributed by atoms with Gasteiger partial charge in [0.2, 0.25) is 0 Å².